The fraction of sp³-hybridized carbons (Fsp3) is 0.280. The van der Waals surface area contributed by atoms with Crippen LogP contribution in [0.15, 0.2) is 71.5 Å². The summed E-state index contributed by atoms with van der Waals surface area (Å²) in [7, 11) is 0. The summed E-state index contributed by atoms with van der Waals surface area (Å²) >= 11 is 6.16. The van der Waals surface area contributed by atoms with E-state index in [-0.39, 0.29) is 11.9 Å². The molecule has 4 nitrogen and oxygen atoms in total. The van der Waals surface area contributed by atoms with Gasteiger partial charge in [-0.15, -0.1) is 0 Å². The largest absolute Gasteiger partial charge is 0.364 e. The van der Waals surface area contributed by atoms with Crippen LogP contribution < -0.4 is 10.6 Å². The maximum absolute atomic E-state index is 12.8. The molecular weight excluding hydrogens is 394 g/mol. The molecule has 0 saturated heterocycles. The van der Waals surface area contributed by atoms with Crippen LogP contribution >= 0.6 is 11.6 Å². The van der Waals surface area contributed by atoms with E-state index in [1.165, 1.54) is 0 Å². The van der Waals surface area contributed by atoms with Gasteiger partial charge in [-0.05, 0) is 74.6 Å². The third-order valence-electron chi connectivity index (χ3n) is 5.08. The predicted molar refractivity (Wildman–Crippen MR) is 126 cm³/mol. The number of rotatable bonds is 5. The number of allylic oxidation sites excluding steroid dienone is 3. The lowest BCUT2D eigenvalue weighted by molar-refractivity contribution is 0.102. The van der Waals surface area contributed by atoms with Crippen molar-refractivity contribution in [3.8, 4) is 0 Å². The van der Waals surface area contributed by atoms with Gasteiger partial charge >= 0.3 is 0 Å². The van der Waals surface area contributed by atoms with Crippen molar-refractivity contribution in [2.75, 3.05) is 5.32 Å². The molecule has 0 aromatic heterocycles. The molecule has 1 amide bonds. The second-order valence-corrected chi connectivity index (χ2v) is 8.25. The van der Waals surface area contributed by atoms with E-state index in [4.69, 9.17) is 11.6 Å². The van der Waals surface area contributed by atoms with Crippen LogP contribution in [-0.4, -0.2) is 11.1 Å². The number of nitrogens with one attached hydrogen (secondary N) is 2. The zero-order valence-corrected chi connectivity index (χ0v) is 18.6. The molecule has 0 spiro atoms. The lowest BCUT2D eigenvalue weighted by Crippen LogP contribution is -2.19. The Hall–Kier alpha value is -2.85. The zero-order valence-electron chi connectivity index (χ0n) is 17.9. The summed E-state index contributed by atoms with van der Waals surface area (Å²) in [5, 5.41) is 6.91. The van der Waals surface area contributed by atoms with Crippen molar-refractivity contribution < 1.29 is 4.79 Å². The number of nitrogens with zero attached hydrogens (tertiary/aromatic N) is 1. The quantitative estimate of drug-likeness (QED) is 0.596. The molecule has 1 unspecified atom stereocenters. The summed E-state index contributed by atoms with van der Waals surface area (Å²) in [5.41, 5.74) is 4.52. The van der Waals surface area contributed by atoms with Gasteiger partial charge in [-0.2, -0.15) is 0 Å². The van der Waals surface area contributed by atoms with Crippen LogP contribution in [0.3, 0.4) is 0 Å². The topological polar surface area (TPSA) is 53.5 Å². The molecule has 1 aliphatic rings. The maximum atomic E-state index is 12.8. The number of carbonyl (C=O) groups is 1. The number of aryl methyl sites for hydroxylation is 2. The third-order valence-corrected chi connectivity index (χ3v) is 5.29. The van der Waals surface area contributed by atoms with Crippen molar-refractivity contribution in [1.82, 2.24) is 5.32 Å². The smallest absolute Gasteiger partial charge is 0.255 e. The van der Waals surface area contributed by atoms with Gasteiger partial charge in [-0.1, -0.05) is 54.4 Å². The summed E-state index contributed by atoms with van der Waals surface area (Å²) in [4.78, 5) is 17.2. The van der Waals surface area contributed by atoms with Crippen LogP contribution in [0.1, 0.15) is 53.4 Å². The SMILES string of the molecule is Cc1ccc(C)c(C(=O)Nc2cccc([C@H](C)NC3=CC(C)C/C=C/C(Cl)=N3)c2)c1. The van der Waals surface area contributed by atoms with Gasteiger partial charge in [0.25, 0.3) is 5.91 Å². The van der Waals surface area contributed by atoms with Crippen molar-refractivity contribution in [3.63, 3.8) is 0 Å². The standard InChI is InChI=1S/C25H28ClN3O/c1-16-7-5-10-23(26)29-24(14-16)27-19(4)20-8-6-9-21(15-20)28-25(30)22-13-17(2)11-12-18(22)3/h5-6,8-16,19,27H,7H2,1-4H3,(H,28,30)/b10-5+,24-14?,29-23?/t16?,19-/m0/s1. The minimum absolute atomic E-state index is 0.00219. The van der Waals surface area contributed by atoms with Crippen LogP contribution in [0.4, 0.5) is 5.69 Å². The maximum Gasteiger partial charge on any atom is 0.255 e. The van der Waals surface area contributed by atoms with Crippen LogP contribution in [0, 0.1) is 19.8 Å². The molecule has 0 saturated carbocycles. The first-order valence-corrected chi connectivity index (χ1v) is 10.6. The minimum atomic E-state index is -0.103. The van der Waals surface area contributed by atoms with Crippen molar-refractivity contribution in [2.45, 2.75) is 40.2 Å². The molecule has 0 bridgehead atoms. The van der Waals surface area contributed by atoms with E-state index in [0.717, 1.165) is 34.6 Å². The van der Waals surface area contributed by atoms with E-state index < -0.39 is 0 Å². The second kappa shape index (κ2) is 9.77. The molecule has 2 atom stereocenters. The summed E-state index contributed by atoms with van der Waals surface area (Å²) in [6.45, 7) is 8.14. The van der Waals surface area contributed by atoms with E-state index in [0.29, 0.717) is 16.7 Å². The van der Waals surface area contributed by atoms with Crippen LogP contribution in [0.25, 0.3) is 0 Å². The highest BCUT2D eigenvalue weighted by atomic mass is 35.5. The number of anilines is 1. The van der Waals surface area contributed by atoms with E-state index in [1.54, 1.807) is 0 Å². The lowest BCUT2D eigenvalue weighted by Gasteiger charge is -2.19. The van der Waals surface area contributed by atoms with Crippen molar-refractivity contribution >= 4 is 28.4 Å². The molecule has 2 N–H and O–H groups in total. The molecule has 3 rings (SSSR count). The Morgan fingerprint density at radius 2 is 2.00 bits per heavy atom. The van der Waals surface area contributed by atoms with E-state index in [9.17, 15) is 4.79 Å². The van der Waals surface area contributed by atoms with Gasteiger partial charge in [0, 0.05) is 11.3 Å². The predicted octanol–water partition coefficient (Wildman–Crippen LogP) is 6.28. The fourth-order valence-corrected chi connectivity index (χ4v) is 3.54. The number of aliphatic imine (C=N–C) groups is 1. The van der Waals surface area contributed by atoms with E-state index in [1.807, 2.05) is 68.5 Å². The number of amides is 1. The van der Waals surface area contributed by atoms with Gasteiger partial charge in [0.2, 0.25) is 0 Å². The Bertz CT molecular complexity index is 1020. The van der Waals surface area contributed by atoms with Crippen molar-refractivity contribution in [3.05, 3.63) is 88.8 Å². The minimum Gasteiger partial charge on any atom is -0.364 e. The molecule has 30 heavy (non-hydrogen) atoms. The molecular formula is C25H28ClN3O. The van der Waals surface area contributed by atoms with Crippen LogP contribution in [0.2, 0.25) is 0 Å². The number of hydrogen-bond donors (Lipinski definition) is 2. The molecule has 0 radical (unpaired) electrons. The Labute approximate surface area is 183 Å². The average molecular weight is 422 g/mol. The van der Waals surface area contributed by atoms with Gasteiger partial charge in [-0.25, -0.2) is 4.99 Å². The second-order valence-electron chi connectivity index (χ2n) is 7.87. The third kappa shape index (κ3) is 5.83. The number of benzene rings is 2. The molecule has 1 heterocycles. The van der Waals surface area contributed by atoms with E-state index >= 15 is 0 Å². The zero-order chi connectivity index (χ0) is 21.7. The summed E-state index contributed by atoms with van der Waals surface area (Å²) < 4.78 is 0. The van der Waals surface area contributed by atoms with Gasteiger partial charge in [0.1, 0.15) is 11.0 Å². The molecule has 5 heteroatoms. The fourth-order valence-electron chi connectivity index (χ4n) is 3.36. The molecule has 156 valence electrons. The van der Waals surface area contributed by atoms with Crippen molar-refractivity contribution in [2.24, 2.45) is 10.9 Å². The average Bonchev–Trinajstić information content (AvgIpc) is 2.68. The Kier molecular flexibility index (Phi) is 7.11. The van der Waals surface area contributed by atoms with Crippen LogP contribution in [0.5, 0.6) is 0 Å². The highest BCUT2D eigenvalue weighted by Crippen LogP contribution is 2.22. The van der Waals surface area contributed by atoms with Gasteiger partial charge in [0.05, 0.1) is 6.04 Å². The summed E-state index contributed by atoms with van der Waals surface area (Å²) in [6.07, 6.45) is 6.88. The number of carbonyl (C=O) groups excluding carboxylic acids is 1. The monoisotopic (exact) mass is 421 g/mol. The molecule has 0 fully saturated rings. The first-order chi connectivity index (χ1) is 14.3. The first-order valence-electron chi connectivity index (χ1n) is 10.2. The van der Waals surface area contributed by atoms with Crippen LogP contribution in [-0.2, 0) is 0 Å². The first kappa shape index (κ1) is 21.8. The van der Waals surface area contributed by atoms with Gasteiger partial charge in [0.15, 0.2) is 0 Å². The molecule has 2 aromatic rings. The Balaban J connectivity index is 1.75. The number of hydrogen-bond acceptors (Lipinski definition) is 3. The van der Waals surface area contributed by atoms with E-state index in [2.05, 4.69) is 35.5 Å². The molecule has 0 aliphatic carbocycles. The number of halogens is 1. The Morgan fingerprint density at radius 3 is 2.80 bits per heavy atom. The summed E-state index contributed by atoms with van der Waals surface area (Å²) in [5.74, 6) is 1.02. The molecule has 1 aliphatic heterocycles. The summed E-state index contributed by atoms with van der Waals surface area (Å²) in [6, 6.07) is 13.8. The highest BCUT2D eigenvalue weighted by Gasteiger charge is 2.13. The highest BCUT2D eigenvalue weighted by molar-refractivity contribution is 6.68. The van der Waals surface area contributed by atoms with Gasteiger partial charge in [-0.3, -0.25) is 4.79 Å². The normalized spacial score (nSPS) is 18.4. The lowest BCUT2D eigenvalue weighted by atomic mass is 10.0. The van der Waals surface area contributed by atoms with Gasteiger partial charge < -0.3 is 10.6 Å². The molecule has 2 aromatic carbocycles. The van der Waals surface area contributed by atoms with Crippen molar-refractivity contribution in [1.29, 1.82) is 0 Å². The Morgan fingerprint density at radius 1 is 1.20 bits per heavy atom.